The van der Waals surface area contributed by atoms with Crippen molar-refractivity contribution in [1.29, 1.82) is 0 Å². The molecule has 0 rings (SSSR count). The number of hydrogen-bond acceptors (Lipinski definition) is 3. The molecule has 55 valence electrons. The molecule has 0 fully saturated rings. The molecule has 0 aromatic rings. The van der Waals surface area contributed by atoms with Gasteiger partial charge in [-0.05, 0) is 6.92 Å². The van der Waals surface area contributed by atoms with Gasteiger partial charge in [0.2, 0.25) is 0 Å². The highest BCUT2D eigenvalue weighted by molar-refractivity contribution is 4.56. The molecule has 0 heterocycles. The highest BCUT2D eigenvalue weighted by Gasteiger charge is 2.22. The summed E-state index contributed by atoms with van der Waals surface area (Å²) in [5.41, 5.74) is 0. The van der Waals surface area contributed by atoms with Gasteiger partial charge in [0.1, 0.15) is 0 Å². The van der Waals surface area contributed by atoms with Crippen molar-refractivity contribution in [2.45, 2.75) is 12.9 Å². The van der Waals surface area contributed by atoms with Crippen molar-refractivity contribution in [2.24, 2.45) is 0 Å². The first kappa shape index (κ1) is 8.88. The highest BCUT2D eigenvalue weighted by Crippen LogP contribution is 2.09. The maximum Gasteiger partial charge on any atom is 0.282 e. The molecule has 0 amide bonds. The van der Waals surface area contributed by atoms with Gasteiger partial charge in [-0.2, -0.15) is 0 Å². The van der Waals surface area contributed by atoms with Crippen LogP contribution in [-0.2, 0) is 14.2 Å². The van der Waals surface area contributed by atoms with E-state index in [1.807, 2.05) is 6.92 Å². The van der Waals surface area contributed by atoms with Crippen molar-refractivity contribution in [3.63, 3.8) is 0 Å². The standard InChI is InChI=1S/C6H13O3/c1-5-9-6(2,7-3)8-4/h2,5H2,1,3-4H3. The van der Waals surface area contributed by atoms with Crippen LogP contribution in [0, 0.1) is 6.92 Å². The van der Waals surface area contributed by atoms with E-state index in [9.17, 15) is 0 Å². The lowest BCUT2D eigenvalue weighted by Gasteiger charge is -2.24. The van der Waals surface area contributed by atoms with Crippen LogP contribution in [0.15, 0.2) is 0 Å². The van der Waals surface area contributed by atoms with E-state index in [1.165, 1.54) is 14.2 Å². The zero-order valence-electron chi connectivity index (χ0n) is 6.14. The number of methoxy groups -OCH3 is 2. The average molecular weight is 133 g/mol. The number of rotatable bonds is 4. The van der Waals surface area contributed by atoms with E-state index in [1.54, 1.807) is 0 Å². The van der Waals surface area contributed by atoms with E-state index in [0.29, 0.717) is 6.61 Å². The molecule has 0 bridgehead atoms. The molecular formula is C6H13O3. The number of ether oxygens (including phenoxy) is 3. The van der Waals surface area contributed by atoms with Gasteiger partial charge in [0, 0.05) is 27.8 Å². The predicted molar refractivity (Wildman–Crippen MR) is 33.7 cm³/mol. The number of hydrogen-bond donors (Lipinski definition) is 0. The Labute approximate surface area is 55.9 Å². The third-order valence-corrected chi connectivity index (χ3v) is 0.986. The summed E-state index contributed by atoms with van der Waals surface area (Å²) >= 11 is 0. The summed E-state index contributed by atoms with van der Waals surface area (Å²) < 4.78 is 14.5. The van der Waals surface area contributed by atoms with Crippen molar-refractivity contribution in [2.75, 3.05) is 20.8 Å². The van der Waals surface area contributed by atoms with Gasteiger partial charge in [0.05, 0.1) is 0 Å². The quantitative estimate of drug-likeness (QED) is 0.531. The first-order valence-electron chi connectivity index (χ1n) is 2.78. The fraction of sp³-hybridized carbons (Fsp3) is 0.833. The molecule has 0 aromatic carbocycles. The third kappa shape index (κ3) is 2.79. The SMILES string of the molecule is [CH2]C(OC)(OC)OCC. The predicted octanol–water partition coefficient (Wildman–Crippen LogP) is 0.804. The minimum atomic E-state index is -1.12. The topological polar surface area (TPSA) is 27.7 Å². The monoisotopic (exact) mass is 133 g/mol. The van der Waals surface area contributed by atoms with Gasteiger partial charge >= 0.3 is 0 Å². The van der Waals surface area contributed by atoms with Gasteiger partial charge in [-0.1, -0.05) is 0 Å². The maximum atomic E-state index is 4.97. The van der Waals surface area contributed by atoms with Gasteiger partial charge in [-0.3, -0.25) is 0 Å². The lowest BCUT2D eigenvalue weighted by molar-refractivity contribution is -0.330. The Bertz CT molecular complexity index is 68.7. The maximum absolute atomic E-state index is 4.97. The molecule has 0 aliphatic heterocycles. The zero-order valence-corrected chi connectivity index (χ0v) is 6.14. The molecule has 0 spiro atoms. The fourth-order valence-electron chi connectivity index (χ4n) is 0.421. The summed E-state index contributed by atoms with van der Waals surface area (Å²) in [5.74, 6) is -1.12. The smallest absolute Gasteiger partial charge is 0.282 e. The molecular weight excluding hydrogens is 120 g/mol. The van der Waals surface area contributed by atoms with Crippen LogP contribution in [-0.4, -0.2) is 26.8 Å². The van der Waals surface area contributed by atoms with Crippen LogP contribution in [0.25, 0.3) is 0 Å². The van der Waals surface area contributed by atoms with E-state index < -0.39 is 5.97 Å². The lowest BCUT2D eigenvalue weighted by atomic mass is 10.6. The molecule has 0 atom stereocenters. The summed E-state index contributed by atoms with van der Waals surface area (Å²) in [6, 6.07) is 0. The molecule has 0 aliphatic rings. The van der Waals surface area contributed by atoms with Crippen molar-refractivity contribution < 1.29 is 14.2 Å². The Morgan fingerprint density at radius 1 is 1.33 bits per heavy atom. The van der Waals surface area contributed by atoms with E-state index >= 15 is 0 Å². The summed E-state index contributed by atoms with van der Waals surface area (Å²) in [7, 11) is 2.96. The second kappa shape index (κ2) is 3.82. The first-order chi connectivity index (χ1) is 4.18. The summed E-state index contributed by atoms with van der Waals surface area (Å²) in [6.07, 6.45) is 0. The fourth-order valence-corrected chi connectivity index (χ4v) is 0.421. The van der Waals surface area contributed by atoms with Gasteiger partial charge in [0.25, 0.3) is 5.97 Å². The Kier molecular flexibility index (Phi) is 3.77. The Morgan fingerprint density at radius 2 is 1.78 bits per heavy atom. The normalized spacial score (nSPS) is 12.0. The second-order valence-electron chi connectivity index (χ2n) is 1.52. The first-order valence-corrected chi connectivity index (χ1v) is 2.78. The Morgan fingerprint density at radius 3 is 1.89 bits per heavy atom. The summed E-state index contributed by atoms with van der Waals surface area (Å²) in [6.45, 7) is 5.89. The van der Waals surface area contributed by atoms with E-state index in [2.05, 4.69) is 6.92 Å². The molecule has 0 saturated carbocycles. The largest absolute Gasteiger partial charge is 0.331 e. The van der Waals surface area contributed by atoms with Crippen LogP contribution in [0.4, 0.5) is 0 Å². The molecule has 1 radical (unpaired) electrons. The van der Waals surface area contributed by atoms with Crippen LogP contribution < -0.4 is 0 Å². The van der Waals surface area contributed by atoms with Crippen LogP contribution in [0.3, 0.4) is 0 Å². The zero-order chi connectivity index (χ0) is 7.33. The molecule has 3 heteroatoms. The van der Waals surface area contributed by atoms with Gasteiger partial charge in [0.15, 0.2) is 0 Å². The van der Waals surface area contributed by atoms with Crippen molar-refractivity contribution in [1.82, 2.24) is 0 Å². The van der Waals surface area contributed by atoms with Gasteiger partial charge in [-0.25, -0.2) is 0 Å². The highest BCUT2D eigenvalue weighted by atomic mass is 16.9. The molecule has 0 aliphatic carbocycles. The molecule has 0 saturated heterocycles. The van der Waals surface area contributed by atoms with E-state index in [0.717, 1.165) is 0 Å². The molecule has 9 heavy (non-hydrogen) atoms. The van der Waals surface area contributed by atoms with Crippen molar-refractivity contribution >= 4 is 0 Å². The van der Waals surface area contributed by atoms with E-state index in [-0.39, 0.29) is 0 Å². The summed E-state index contributed by atoms with van der Waals surface area (Å²) in [5, 5.41) is 0. The van der Waals surface area contributed by atoms with Crippen LogP contribution in [0.5, 0.6) is 0 Å². The molecule has 3 nitrogen and oxygen atoms in total. The average Bonchev–Trinajstić information content (AvgIpc) is 1.89. The van der Waals surface area contributed by atoms with Crippen molar-refractivity contribution in [3.8, 4) is 0 Å². The molecule has 0 N–H and O–H groups in total. The lowest BCUT2D eigenvalue weighted by Crippen LogP contribution is -2.33. The Hall–Kier alpha value is -0.120. The van der Waals surface area contributed by atoms with Gasteiger partial charge in [-0.15, -0.1) is 0 Å². The van der Waals surface area contributed by atoms with Crippen molar-refractivity contribution in [3.05, 3.63) is 6.92 Å². The Balaban J connectivity index is 3.62. The minimum absolute atomic E-state index is 0.519. The molecule has 0 unspecified atom stereocenters. The van der Waals surface area contributed by atoms with Crippen LogP contribution in [0.1, 0.15) is 6.92 Å². The van der Waals surface area contributed by atoms with Gasteiger partial charge < -0.3 is 14.2 Å². The summed E-state index contributed by atoms with van der Waals surface area (Å²) in [4.78, 5) is 0. The van der Waals surface area contributed by atoms with Crippen LogP contribution in [0.2, 0.25) is 0 Å². The minimum Gasteiger partial charge on any atom is -0.331 e. The van der Waals surface area contributed by atoms with Crippen LogP contribution >= 0.6 is 0 Å². The van der Waals surface area contributed by atoms with E-state index in [4.69, 9.17) is 14.2 Å². The third-order valence-electron chi connectivity index (χ3n) is 0.986. The second-order valence-corrected chi connectivity index (χ2v) is 1.52. The molecule has 0 aromatic heterocycles.